The molecule has 1 N–H and O–H groups in total. The van der Waals surface area contributed by atoms with Gasteiger partial charge in [0.1, 0.15) is 0 Å². The summed E-state index contributed by atoms with van der Waals surface area (Å²) in [6.45, 7) is 5.83. The molecular weight excluding hydrogens is 100 g/mol. The van der Waals surface area contributed by atoms with Gasteiger partial charge in [-0.15, -0.1) is 0 Å². The SMILES string of the molecule is [CH2]C(C)c1ccn[nH]1. The molecule has 2 heteroatoms. The molecule has 8 heavy (non-hydrogen) atoms. The van der Waals surface area contributed by atoms with Crippen LogP contribution in [0.3, 0.4) is 0 Å². The van der Waals surface area contributed by atoms with Crippen LogP contribution in [0, 0.1) is 6.92 Å². The van der Waals surface area contributed by atoms with Crippen molar-refractivity contribution in [1.82, 2.24) is 10.2 Å². The van der Waals surface area contributed by atoms with Crippen molar-refractivity contribution in [2.24, 2.45) is 0 Å². The van der Waals surface area contributed by atoms with Gasteiger partial charge in [-0.05, 0) is 18.9 Å². The van der Waals surface area contributed by atoms with Gasteiger partial charge >= 0.3 is 0 Å². The van der Waals surface area contributed by atoms with Gasteiger partial charge in [-0.1, -0.05) is 6.92 Å². The first-order valence-corrected chi connectivity index (χ1v) is 2.63. The minimum absolute atomic E-state index is 0.317. The van der Waals surface area contributed by atoms with Gasteiger partial charge in [-0.2, -0.15) is 5.10 Å². The highest BCUT2D eigenvalue weighted by Crippen LogP contribution is 2.07. The van der Waals surface area contributed by atoms with Crippen molar-refractivity contribution < 1.29 is 0 Å². The molecule has 0 spiro atoms. The summed E-state index contributed by atoms with van der Waals surface area (Å²) in [6.07, 6.45) is 1.73. The van der Waals surface area contributed by atoms with Gasteiger partial charge in [-0.3, -0.25) is 5.10 Å². The lowest BCUT2D eigenvalue weighted by Gasteiger charge is -1.95. The van der Waals surface area contributed by atoms with Crippen LogP contribution < -0.4 is 0 Å². The summed E-state index contributed by atoms with van der Waals surface area (Å²) in [4.78, 5) is 0. The summed E-state index contributed by atoms with van der Waals surface area (Å²) in [5, 5.41) is 6.60. The van der Waals surface area contributed by atoms with Gasteiger partial charge in [0.15, 0.2) is 0 Å². The quantitative estimate of drug-likeness (QED) is 0.579. The van der Waals surface area contributed by atoms with Crippen LogP contribution in [0.5, 0.6) is 0 Å². The standard InChI is InChI=1S/C6H9N2/c1-5(2)6-3-4-7-8-6/h3-5H,1H2,2H3,(H,7,8). The first-order valence-electron chi connectivity index (χ1n) is 2.63. The van der Waals surface area contributed by atoms with E-state index in [2.05, 4.69) is 17.1 Å². The molecule has 1 radical (unpaired) electrons. The Morgan fingerprint density at radius 2 is 2.62 bits per heavy atom. The third kappa shape index (κ3) is 0.886. The monoisotopic (exact) mass is 109 g/mol. The van der Waals surface area contributed by atoms with Crippen molar-refractivity contribution in [3.8, 4) is 0 Å². The molecule has 0 aliphatic carbocycles. The van der Waals surface area contributed by atoms with E-state index < -0.39 is 0 Å². The Bertz CT molecular complexity index is 142. The number of hydrogen-bond donors (Lipinski definition) is 1. The highest BCUT2D eigenvalue weighted by Gasteiger charge is 1.96. The van der Waals surface area contributed by atoms with E-state index in [0.717, 1.165) is 5.69 Å². The van der Waals surface area contributed by atoms with Crippen molar-refractivity contribution in [1.29, 1.82) is 0 Å². The zero-order valence-corrected chi connectivity index (χ0v) is 4.89. The molecule has 0 saturated carbocycles. The van der Waals surface area contributed by atoms with E-state index in [-0.39, 0.29) is 0 Å². The highest BCUT2D eigenvalue weighted by molar-refractivity contribution is 5.04. The predicted octanol–water partition coefficient (Wildman–Crippen LogP) is 1.35. The summed E-state index contributed by atoms with van der Waals surface area (Å²) in [6, 6.07) is 1.93. The molecule has 0 saturated heterocycles. The molecule has 0 bridgehead atoms. The minimum atomic E-state index is 0.317. The average Bonchev–Trinajstić information content (AvgIpc) is 2.12. The van der Waals surface area contributed by atoms with Crippen LogP contribution in [0.25, 0.3) is 0 Å². The van der Waals surface area contributed by atoms with Gasteiger partial charge in [-0.25, -0.2) is 0 Å². The van der Waals surface area contributed by atoms with Gasteiger partial charge in [0, 0.05) is 11.9 Å². The fraction of sp³-hybridized carbons (Fsp3) is 0.333. The molecule has 1 aromatic heterocycles. The minimum Gasteiger partial charge on any atom is -0.282 e. The average molecular weight is 109 g/mol. The second-order valence-corrected chi connectivity index (χ2v) is 1.91. The Morgan fingerprint density at radius 1 is 1.88 bits per heavy atom. The van der Waals surface area contributed by atoms with Crippen molar-refractivity contribution in [3.63, 3.8) is 0 Å². The highest BCUT2D eigenvalue weighted by atomic mass is 15.1. The summed E-state index contributed by atoms with van der Waals surface area (Å²) < 4.78 is 0. The van der Waals surface area contributed by atoms with Gasteiger partial charge in [0.25, 0.3) is 0 Å². The van der Waals surface area contributed by atoms with Crippen molar-refractivity contribution in [3.05, 3.63) is 24.9 Å². The lowest BCUT2D eigenvalue weighted by Crippen LogP contribution is -1.85. The molecule has 43 valence electrons. The van der Waals surface area contributed by atoms with Crippen LogP contribution in [0.15, 0.2) is 12.3 Å². The molecule has 0 fully saturated rings. The van der Waals surface area contributed by atoms with Crippen LogP contribution >= 0.6 is 0 Å². The molecular formula is C6H9N2. The molecule has 1 aromatic rings. The van der Waals surface area contributed by atoms with E-state index in [1.165, 1.54) is 0 Å². The number of hydrogen-bond acceptors (Lipinski definition) is 1. The molecule has 2 nitrogen and oxygen atoms in total. The Labute approximate surface area is 48.9 Å². The second kappa shape index (κ2) is 1.99. The zero-order valence-electron chi connectivity index (χ0n) is 4.89. The number of aromatic nitrogens is 2. The summed E-state index contributed by atoms with van der Waals surface area (Å²) >= 11 is 0. The molecule has 1 unspecified atom stereocenters. The van der Waals surface area contributed by atoms with E-state index in [4.69, 9.17) is 0 Å². The van der Waals surface area contributed by atoms with Crippen LogP contribution in [-0.2, 0) is 0 Å². The van der Waals surface area contributed by atoms with Crippen LogP contribution in [0.2, 0.25) is 0 Å². The fourth-order valence-electron chi connectivity index (χ4n) is 0.541. The number of rotatable bonds is 1. The van der Waals surface area contributed by atoms with Crippen LogP contribution in [-0.4, -0.2) is 10.2 Å². The first kappa shape index (κ1) is 5.35. The molecule has 1 heterocycles. The van der Waals surface area contributed by atoms with Crippen LogP contribution in [0.4, 0.5) is 0 Å². The molecule has 1 atom stereocenters. The lowest BCUT2D eigenvalue weighted by molar-refractivity contribution is 0.880. The molecule has 0 aliphatic rings. The third-order valence-corrected chi connectivity index (χ3v) is 1.05. The fourth-order valence-corrected chi connectivity index (χ4v) is 0.541. The number of aromatic amines is 1. The maximum Gasteiger partial charge on any atom is 0.0490 e. The Kier molecular flexibility index (Phi) is 1.33. The van der Waals surface area contributed by atoms with Crippen LogP contribution in [0.1, 0.15) is 18.5 Å². The normalized spacial score (nSPS) is 10.4. The predicted molar refractivity (Wildman–Crippen MR) is 32.4 cm³/mol. The number of nitrogens with one attached hydrogen (secondary N) is 1. The molecule has 0 amide bonds. The zero-order chi connectivity index (χ0) is 5.98. The summed E-state index contributed by atoms with van der Waals surface area (Å²) in [5.74, 6) is 0.317. The topological polar surface area (TPSA) is 28.7 Å². The maximum absolute atomic E-state index is 3.81. The largest absolute Gasteiger partial charge is 0.282 e. The number of H-pyrrole nitrogens is 1. The van der Waals surface area contributed by atoms with E-state index in [0.29, 0.717) is 5.92 Å². The van der Waals surface area contributed by atoms with Crippen molar-refractivity contribution in [2.45, 2.75) is 12.8 Å². The van der Waals surface area contributed by atoms with E-state index in [1.807, 2.05) is 13.0 Å². The summed E-state index contributed by atoms with van der Waals surface area (Å²) in [5.41, 5.74) is 1.09. The Morgan fingerprint density at radius 3 is 2.88 bits per heavy atom. The first-order chi connectivity index (χ1) is 3.80. The maximum atomic E-state index is 3.81. The van der Waals surface area contributed by atoms with E-state index in [1.54, 1.807) is 6.20 Å². The van der Waals surface area contributed by atoms with Crippen molar-refractivity contribution >= 4 is 0 Å². The van der Waals surface area contributed by atoms with Crippen molar-refractivity contribution in [2.75, 3.05) is 0 Å². The second-order valence-electron chi connectivity index (χ2n) is 1.91. The van der Waals surface area contributed by atoms with Gasteiger partial charge < -0.3 is 0 Å². The number of nitrogens with zero attached hydrogens (tertiary/aromatic N) is 1. The molecule has 1 rings (SSSR count). The third-order valence-electron chi connectivity index (χ3n) is 1.05. The summed E-state index contributed by atoms with van der Waals surface area (Å²) in [7, 11) is 0. The lowest BCUT2D eigenvalue weighted by atomic mass is 10.1. The van der Waals surface area contributed by atoms with Gasteiger partial charge in [0.2, 0.25) is 0 Å². The van der Waals surface area contributed by atoms with E-state index >= 15 is 0 Å². The van der Waals surface area contributed by atoms with Gasteiger partial charge in [0.05, 0.1) is 0 Å². The Balaban J connectivity index is 2.77. The Hall–Kier alpha value is -0.790. The molecule has 0 aromatic carbocycles. The molecule has 0 aliphatic heterocycles. The van der Waals surface area contributed by atoms with E-state index in [9.17, 15) is 0 Å². The smallest absolute Gasteiger partial charge is 0.0490 e.